The van der Waals surface area contributed by atoms with E-state index in [0.29, 0.717) is 44.3 Å². The van der Waals surface area contributed by atoms with Gasteiger partial charge in [0.05, 0.1) is 22.7 Å². The predicted octanol–water partition coefficient (Wildman–Crippen LogP) is 7.18. The Bertz CT molecular complexity index is 1310. The minimum atomic E-state index is -0.606. The highest BCUT2D eigenvalue weighted by Crippen LogP contribution is 2.38. The van der Waals surface area contributed by atoms with E-state index >= 15 is 0 Å². The van der Waals surface area contributed by atoms with Crippen LogP contribution in [-0.4, -0.2) is 19.0 Å². The van der Waals surface area contributed by atoms with E-state index in [9.17, 15) is 4.79 Å². The molecule has 0 saturated carbocycles. The van der Waals surface area contributed by atoms with Gasteiger partial charge in [-0.25, -0.2) is 9.79 Å². The maximum absolute atomic E-state index is 12.4. The first kappa shape index (κ1) is 23.9. The summed E-state index contributed by atoms with van der Waals surface area (Å²) in [5.41, 5.74) is 2.16. The molecule has 0 radical (unpaired) electrons. The molecule has 0 saturated heterocycles. The Morgan fingerprint density at radius 3 is 2.61 bits per heavy atom. The summed E-state index contributed by atoms with van der Waals surface area (Å²) in [4.78, 5) is 16.6. The van der Waals surface area contributed by atoms with Crippen molar-refractivity contribution in [1.82, 2.24) is 0 Å². The number of methoxy groups -OCH3 is 1. The van der Waals surface area contributed by atoms with Gasteiger partial charge in [0, 0.05) is 8.59 Å². The zero-order valence-electron chi connectivity index (χ0n) is 17.1. The van der Waals surface area contributed by atoms with Crippen molar-refractivity contribution in [3.05, 3.63) is 95.6 Å². The number of hydrogen-bond donors (Lipinski definition) is 0. The molecule has 168 valence electrons. The van der Waals surface area contributed by atoms with E-state index in [2.05, 4.69) is 27.6 Å². The van der Waals surface area contributed by atoms with E-state index < -0.39 is 5.97 Å². The summed E-state index contributed by atoms with van der Waals surface area (Å²) in [5.74, 6) is 0.330. The van der Waals surface area contributed by atoms with Crippen LogP contribution < -0.4 is 9.47 Å². The molecule has 5 nitrogen and oxygen atoms in total. The number of nitrogens with zero attached hydrogens (tertiary/aromatic N) is 1. The van der Waals surface area contributed by atoms with Gasteiger partial charge in [-0.3, -0.25) is 0 Å². The molecule has 3 aromatic carbocycles. The lowest BCUT2D eigenvalue weighted by molar-refractivity contribution is -0.129. The number of ether oxygens (including phenoxy) is 3. The first-order chi connectivity index (χ1) is 15.8. The molecule has 4 rings (SSSR count). The van der Waals surface area contributed by atoms with Gasteiger partial charge in [0.1, 0.15) is 6.61 Å². The summed E-state index contributed by atoms with van der Waals surface area (Å²) in [7, 11) is 1.52. The van der Waals surface area contributed by atoms with Gasteiger partial charge in [-0.2, -0.15) is 0 Å². The molecule has 0 unspecified atom stereocenters. The highest BCUT2D eigenvalue weighted by Gasteiger charge is 2.26. The lowest BCUT2D eigenvalue weighted by atomic mass is 10.1. The summed E-state index contributed by atoms with van der Waals surface area (Å²) in [5, 5.41) is 1.13. The van der Waals surface area contributed by atoms with Gasteiger partial charge < -0.3 is 14.2 Å². The second-order valence-electron chi connectivity index (χ2n) is 6.91. The Kier molecular flexibility index (Phi) is 7.48. The van der Waals surface area contributed by atoms with Crippen LogP contribution in [0.5, 0.6) is 11.5 Å². The SMILES string of the molecule is COc1cc(/C=C2\N=C(c3ccc(Cl)cc3Cl)OC2=O)cc(Cl)c1OCc1cccc(I)c1. The number of aliphatic imine (C=N–C) groups is 1. The van der Waals surface area contributed by atoms with Gasteiger partial charge in [0.2, 0.25) is 5.90 Å². The van der Waals surface area contributed by atoms with E-state index in [-0.39, 0.29) is 11.6 Å². The first-order valence-electron chi connectivity index (χ1n) is 9.57. The highest BCUT2D eigenvalue weighted by atomic mass is 127. The quantitative estimate of drug-likeness (QED) is 0.168. The third kappa shape index (κ3) is 5.63. The van der Waals surface area contributed by atoms with E-state index in [1.807, 2.05) is 24.3 Å². The van der Waals surface area contributed by atoms with Crippen LogP contribution in [0, 0.1) is 3.57 Å². The van der Waals surface area contributed by atoms with Gasteiger partial charge in [0.15, 0.2) is 17.2 Å². The molecule has 1 aliphatic heterocycles. The Labute approximate surface area is 219 Å². The number of cyclic esters (lactones) is 1. The number of rotatable bonds is 6. The molecular weight excluding hydrogens is 600 g/mol. The van der Waals surface area contributed by atoms with Crippen LogP contribution in [0.15, 0.2) is 65.3 Å². The van der Waals surface area contributed by atoms with Crippen LogP contribution in [0.3, 0.4) is 0 Å². The number of hydrogen-bond acceptors (Lipinski definition) is 5. The van der Waals surface area contributed by atoms with Crippen LogP contribution in [0.1, 0.15) is 16.7 Å². The molecule has 0 aliphatic carbocycles. The summed E-state index contributed by atoms with van der Waals surface area (Å²) in [6.45, 7) is 0.329. The third-order valence-electron chi connectivity index (χ3n) is 4.61. The fourth-order valence-corrected chi connectivity index (χ4v) is 4.46. The zero-order valence-corrected chi connectivity index (χ0v) is 21.5. The molecule has 1 aliphatic rings. The van der Waals surface area contributed by atoms with E-state index in [4.69, 9.17) is 49.0 Å². The minimum Gasteiger partial charge on any atom is -0.493 e. The summed E-state index contributed by atoms with van der Waals surface area (Å²) >= 11 is 20.9. The van der Waals surface area contributed by atoms with Crippen molar-refractivity contribution >= 4 is 75.3 Å². The van der Waals surface area contributed by atoms with Gasteiger partial charge in [0.25, 0.3) is 0 Å². The van der Waals surface area contributed by atoms with Gasteiger partial charge in [-0.1, -0.05) is 46.9 Å². The topological polar surface area (TPSA) is 57.1 Å². The van der Waals surface area contributed by atoms with Crippen LogP contribution in [0.4, 0.5) is 0 Å². The van der Waals surface area contributed by atoms with E-state index in [1.54, 1.807) is 36.4 Å². The third-order valence-corrected chi connectivity index (χ3v) is 6.11. The summed E-state index contributed by atoms with van der Waals surface area (Å²) < 4.78 is 17.8. The maximum Gasteiger partial charge on any atom is 0.363 e. The van der Waals surface area contributed by atoms with Crippen LogP contribution >= 0.6 is 57.4 Å². The molecule has 33 heavy (non-hydrogen) atoms. The largest absolute Gasteiger partial charge is 0.493 e. The van der Waals surface area contributed by atoms with Crippen LogP contribution in [-0.2, 0) is 16.1 Å². The maximum atomic E-state index is 12.4. The van der Waals surface area contributed by atoms with E-state index in [1.165, 1.54) is 7.11 Å². The Morgan fingerprint density at radius 2 is 1.88 bits per heavy atom. The van der Waals surface area contributed by atoms with Crippen molar-refractivity contribution in [2.24, 2.45) is 4.99 Å². The van der Waals surface area contributed by atoms with Gasteiger partial charge >= 0.3 is 5.97 Å². The number of halogens is 4. The normalized spacial score (nSPS) is 14.3. The number of carbonyl (C=O) groups is 1. The minimum absolute atomic E-state index is 0.0988. The predicted molar refractivity (Wildman–Crippen MR) is 139 cm³/mol. The Balaban J connectivity index is 1.60. The zero-order chi connectivity index (χ0) is 23.5. The van der Waals surface area contributed by atoms with E-state index in [0.717, 1.165) is 9.13 Å². The lowest BCUT2D eigenvalue weighted by Gasteiger charge is -2.13. The molecule has 0 atom stereocenters. The van der Waals surface area contributed by atoms with Crippen molar-refractivity contribution in [1.29, 1.82) is 0 Å². The molecule has 0 amide bonds. The second kappa shape index (κ2) is 10.3. The molecule has 0 fully saturated rings. The number of esters is 1. The fraction of sp³-hybridized carbons (Fsp3) is 0.0833. The number of benzene rings is 3. The highest BCUT2D eigenvalue weighted by molar-refractivity contribution is 14.1. The molecule has 0 N–H and O–H groups in total. The molecule has 3 aromatic rings. The van der Waals surface area contributed by atoms with Gasteiger partial charge in [-0.15, -0.1) is 0 Å². The van der Waals surface area contributed by atoms with Crippen molar-refractivity contribution < 1.29 is 19.0 Å². The molecule has 0 bridgehead atoms. The van der Waals surface area contributed by atoms with Crippen molar-refractivity contribution in [2.45, 2.75) is 6.61 Å². The molecular formula is C24H15Cl3INO4. The van der Waals surface area contributed by atoms with Gasteiger partial charge in [-0.05, 0) is 82.3 Å². The molecule has 0 aromatic heterocycles. The molecule has 9 heteroatoms. The standard InChI is InChI=1S/C24H15Cl3INO4/c1-31-21-10-14(8-19(27)22(21)32-12-13-3-2-4-16(28)7-13)9-20-24(30)33-23(29-20)17-6-5-15(25)11-18(17)26/h2-11H,12H2,1H3/b20-9-. The Morgan fingerprint density at radius 1 is 1.06 bits per heavy atom. The van der Waals surface area contributed by atoms with Crippen molar-refractivity contribution in [3.8, 4) is 11.5 Å². The van der Waals surface area contributed by atoms with Crippen LogP contribution in [0.25, 0.3) is 6.08 Å². The lowest BCUT2D eigenvalue weighted by Crippen LogP contribution is -2.05. The fourth-order valence-electron chi connectivity index (χ4n) is 3.09. The summed E-state index contributed by atoms with van der Waals surface area (Å²) in [6, 6.07) is 16.2. The Hall–Kier alpha value is -2.26. The smallest absolute Gasteiger partial charge is 0.363 e. The van der Waals surface area contributed by atoms with Crippen molar-refractivity contribution in [3.63, 3.8) is 0 Å². The summed E-state index contributed by atoms with van der Waals surface area (Å²) in [6.07, 6.45) is 1.55. The van der Waals surface area contributed by atoms with Crippen molar-refractivity contribution in [2.75, 3.05) is 7.11 Å². The number of carbonyl (C=O) groups excluding carboxylic acids is 1. The van der Waals surface area contributed by atoms with Crippen LogP contribution in [0.2, 0.25) is 15.1 Å². The first-order valence-corrected chi connectivity index (χ1v) is 11.8. The monoisotopic (exact) mass is 613 g/mol. The second-order valence-corrected chi connectivity index (χ2v) is 9.41. The molecule has 1 heterocycles. The molecule has 0 spiro atoms. The average Bonchev–Trinajstić information content (AvgIpc) is 3.12. The average molecular weight is 615 g/mol.